The monoisotopic (exact) mass is 263 g/mol. The van der Waals surface area contributed by atoms with E-state index in [1.54, 1.807) is 0 Å². The molecule has 1 unspecified atom stereocenters. The van der Waals surface area contributed by atoms with E-state index in [2.05, 4.69) is 25.9 Å². The van der Waals surface area contributed by atoms with Gasteiger partial charge in [0, 0.05) is 25.4 Å². The first kappa shape index (κ1) is 9.92. The highest BCUT2D eigenvalue weighted by Gasteiger charge is 2.73. The summed E-state index contributed by atoms with van der Waals surface area (Å²) in [6.45, 7) is -0.123. The van der Waals surface area contributed by atoms with Crippen molar-refractivity contribution in [3.8, 4) is 0 Å². The Balaban J connectivity index is 2.36. The molecule has 1 aromatic heterocycles. The Labute approximate surface area is 87.9 Å². The molecule has 0 radical (unpaired) electrons. The lowest BCUT2D eigenvalue weighted by Gasteiger charge is -2.11. The average Bonchev–Trinajstić information content (AvgIpc) is 2.71. The number of hydrogen-bond acceptors (Lipinski definition) is 3. The molecule has 0 bridgehead atoms. The highest BCUT2D eigenvalue weighted by molar-refractivity contribution is 9.10. The van der Waals surface area contributed by atoms with Crippen molar-refractivity contribution in [1.82, 2.24) is 9.97 Å². The van der Waals surface area contributed by atoms with Crippen molar-refractivity contribution in [3.05, 3.63) is 22.7 Å². The molecule has 6 heteroatoms. The van der Waals surface area contributed by atoms with Crippen LogP contribution in [0.25, 0.3) is 0 Å². The summed E-state index contributed by atoms with van der Waals surface area (Å²) in [6.07, 6.45) is 2.65. The number of aromatic nitrogens is 2. The number of halogens is 3. The molecule has 0 aromatic carbocycles. The Morgan fingerprint density at radius 3 is 2.29 bits per heavy atom. The van der Waals surface area contributed by atoms with Crippen molar-refractivity contribution >= 4 is 15.9 Å². The first-order valence-electron chi connectivity index (χ1n) is 4.08. The standard InChI is InChI=1S/C8H8BrF2N3/c9-5-1-13-6(14-2-5)7(4-12)3-8(7,10)11/h1-2H,3-4,12H2. The molecule has 76 valence electrons. The largest absolute Gasteiger partial charge is 0.329 e. The van der Waals surface area contributed by atoms with Crippen LogP contribution in [0.4, 0.5) is 8.78 Å². The molecule has 3 nitrogen and oxygen atoms in total. The third kappa shape index (κ3) is 1.25. The van der Waals surface area contributed by atoms with Crippen molar-refractivity contribution in [2.24, 2.45) is 5.73 Å². The van der Waals surface area contributed by atoms with Gasteiger partial charge in [-0.1, -0.05) is 0 Å². The summed E-state index contributed by atoms with van der Waals surface area (Å²) >= 11 is 3.14. The van der Waals surface area contributed by atoms with E-state index in [1.807, 2.05) is 0 Å². The first-order chi connectivity index (χ1) is 6.52. The van der Waals surface area contributed by atoms with E-state index in [0.717, 1.165) is 0 Å². The van der Waals surface area contributed by atoms with E-state index in [0.29, 0.717) is 4.47 Å². The average molecular weight is 264 g/mol. The zero-order chi connectivity index (χ0) is 10.4. The lowest BCUT2D eigenvalue weighted by Crippen LogP contribution is -2.28. The van der Waals surface area contributed by atoms with E-state index >= 15 is 0 Å². The molecule has 1 aliphatic rings. The third-order valence-electron chi connectivity index (χ3n) is 2.50. The fraction of sp³-hybridized carbons (Fsp3) is 0.500. The van der Waals surface area contributed by atoms with Gasteiger partial charge in [-0.2, -0.15) is 0 Å². The molecule has 1 atom stereocenters. The van der Waals surface area contributed by atoms with Crippen molar-refractivity contribution in [1.29, 1.82) is 0 Å². The molecule has 1 aliphatic carbocycles. The van der Waals surface area contributed by atoms with Crippen LogP contribution in [-0.4, -0.2) is 22.4 Å². The minimum absolute atomic E-state index is 0.123. The molecule has 0 amide bonds. The second-order valence-corrected chi connectivity index (χ2v) is 4.31. The Hall–Kier alpha value is -0.620. The van der Waals surface area contributed by atoms with Gasteiger partial charge in [0.25, 0.3) is 5.92 Å². The van der Waals surface area contributed by atoms with Crippen LogP contribution < -0.4 is 5.73 Å². The summed E-state index contributed by atoms with van der Waals surface area (Å²) in [6, 6.07) is 0. The highest BCUT2D eigenvalue weighted by Crippen LogP contribution is 2.59. The van der Waals surface area contributed by atoms with Crippen LogP contribution >= 0.6 is 15.9 Å². The molecule has 1 saturated carbocycles. The topological polar surface area (TPSA) is 51.8 Å². The van der Waals surface area contributed by atoms with Crippen LogP contribution in [-0.2, 0) is 5.41 Å². The molecule has 2 rings (SSSR count). The quantitative estimate of drug-likeness (QED) is 0.880. The van der Waals surface area contributed by atoms with Crippen LogP contribution in [0.15, 0.2) is 16.9 Å². The normalized spacial score (nSPS) is 28.9. The second kappa shape index (κ2) is 2.93. The second-order valence-electron chi connectivity index (χ2n) is 3.39. The molecule has 0 spiro atoms. The predicted octanol–water partition coefficient (Wildman–Crippen LogP) is 1.47. The van der Waals surface area contributed by atoms with Crippen LogP contribution in [0.1, 0.15) is 12.2 Å². The maximum absolute atomic E-state index is 13.1. The molecule has 14 heavy (non-hydrogen) atoms. The maximum Gasteiger partial charge on any atom is 0.263 e. The minimum atomic E-state index is -2.75. The molecule has 0 saturated heterocycles. The van der Waals surface area contributed by atoms with Gasteiger partial charge in [0.15, 0.2) is 0 Å². The molecule has 0 aliphatic heterocycles. The molecule has 1 heterocycles. The van der Waals surface area contributed by atoms with E-state index in [4.69, 9.17) is 5.73 Å². The van der Waals surface area contributed by atoms with E-state index in [1.165, 1.54) is 12.4 Å². The predicted molar refractivity (Wildman–Crippen MR) is 50.0 cm³/mol. The molecule has 2 N–H and O–H groups in total. The Bertz CT molecular complexity index is 354. The van der Waals surface area contributed by atoms with Crippen molar-refractivity contribution in [2.75, 3.05) is 6.54 Å². The van der Waals surface area contributed by atoms with E-state index < -0.39 is 11.3 Å². The van der Waals surface area contributed by atoms with Gasteiger partial charge >= 0.3 is 0 Å². The summed E-state index contributed by atoms with van der Waals surface area (Å²) in [7, 11) is 0. The van der Waals surface area contributed by atoms with Gasteiger partial charge < -0.3 is 5.73 Å². The van der Waals surface area contributed by atoms with Gasteiger partial charge in [0.1, 0.15) is 11.2 Å². The Morgan fingerprint density at radius 2 is 1.93 bits per heavy atom. The smallest absolute Gasteiger partial charge is 0.263 e. The van der Waals surface area contributed by atoms with E-state index in [9.17, 15) is 8.78 Å². The zero-order valence-corrected chi connectivity index (χ0v) is 8.76. The van der Waals surface area contributed by atoms with Gasteiger partial charge in [0.05, 0.1) is 4.47 Å². The third-order valence-corrected chi connectivity index (χ3v) is 2.91. The number of hydrogen-bond donors (Lipinski definition) is 1. The minimum Gasteiger partial charge on any atom is -0.329 e. The zero-order valence-electron chi connectivity index (χ0n) is 7.17. The first-order valence-corrected chi connectivity index (χ1v) is 4.87. The van der Waals surface area contributed by atoms with Crippen LogP contribution in [0, 0.1) is 0 Å². The Kier molecular flexibility index (Phi) is 2.08. The Morgan fingerprint density at radius 1 is 1.43 bits per heavy atom. The number of nitrogens with zero attached hydrogens (tertiary/aromatic N) is 2. The highest BCUT2D eigenvalue weighted by atomic mass is 79.9. The number of nitrogens with two attached hydrogens (primary N) is 1. The van der Waals surface area contributed by atoms with Gasteiger partial charge in [-0.15, -0.1) is 0 Å². The maximum atomic E-state index is 13.1. The summed E-state index contributed by atoms with van der Waals surface area (Å²) in [5.74, 6) is -2.62. The summed E-state index contributed by atoms with van der Waals surface area (Å²) in [5.41, 5.74) is 4.02. The molecular formula is C8H8BrF2N3. The van der Waals surface area contributed by atoms with Crippen LogP contribution in [0.2, 0.25) is 0 Å². The fourth-order valence-electron chi connectivity index (χ4n) is 1.45. The lowest BCUT2D eigenvalue weighted by molar-refractivity contribution is 0.0875. The van der Waals surface area contributed by atoms with Gasteiger partial charge in [0.2, 0.25) is 0 Å². The van der Waals surface area contributed by atoms with Crippen LogP contribution in [0.5, 0.6) is 0 Å². The summed E-state index contributed by atoms with van der Waals surface area (Å²) in [5, 5.41) is 0. The van der Waals surface area contributed by atoms with Crippen molar-refractivity contribution in [2.45, 2.75) is 17.8 Å². The number of rotatable bonds is 2. The fourth-order valence-corrected chi connectivity index (χ4v) is 1.65. The lowest BCUT2D eigenvalue weighted by atomic mass is 10.1. The van der Waals surface area contributed by atoms with Gasteiger partial charge in [-0.3, -0.25) is 0 Å². The van der Waals surface area contributed by atoms with Gasteiger partial charge in [-0.05, 0) is 15.9 Å². The van der Waals surface area contributed by atoms with Crippen LogP contribution in [0.3, 0.4) is 0 Å². The summed E-state index contributed by atoms with van der Waals surface area (Å²) < 4.78 is 26.8. The van der Waals surface area contributed by atoms with Crippen molar-refractivity contribution < 1.29 is 8.78 Å². The summed E-state index contributed by atoms with van der Waals surface area (Å²) in [4.78, 5) is 7.72. The van der Waals surface area contributed by atoms with E-state index in [-0.39, 0.29) is 18.8 Å². The van der Waals surface area contributed by atoms with Gasteiger partial charge in [-0.25, -0.2) is 18.7 Å². The molecular weight excluding hydrogens is 256 g/mol. The molecule has 1 aromatic rings. The molecule has 1 fully saturated rings. The van der Waals surface area contributed by atoms with Crippen molar-refractivity contribution in [3.63, 3.8) is 0 Å². The number of alkyl halides is 2. The SMILES string of the molecule is NCC1(c2ncc(Br)cn2)CC1(F)F.